The average Bonchev–Trinajstić information content (AvgIpc) is 2.60. The van der Waals surface area contributed by atoms with Crippen LogP contribution >= 0.6 is 0 Å². The number of fused-ring (bicyclic) bond motifs is 1. The van der Waals surface area contributed by atoms with Crippen LogP contribution in [0, 0.1) is 0 Å². The van der Waals surface area contributed by atoms with Crippen molar-refractivity contribution in [3.05, 3.63) is 17.0 Å². The van der Waals surface area contributed by atoms with Gasteiger partial charge in [0.1, 0.15) is 5.69 Å². The van der Waals surface area contributed by atoms with Gasteiger partial charge in [-0.2, -0.15) is 0 Å². The largest absolute Gasteiger partial charge is 0.460 e. The molecule has 0 radical (unpaired) electrons. The summed E-state index contributed by atoms with van der Waals surface area (Å²) < 4.78 is 9.85. The van der Waals surface area contributed by atoms with Gasteiger partial charge in [-0.05, 0) is 26.2 Å². The zero-order chi connectivity index (χ0) is 11.5. The smallest absolute Gasteiger partial charge is 0.377 e. The molecule has 1 aromatic rings. The van der Waals surface area contributed by atoms with E-state index in [4.69, 9.17) is 9.26 Å². The molecule has 1 heterocycles. The van der Waals surface area contributed by atoms with E-state index in [1.165, 1.54) is 0 Å². The molecule has 0 saturated heterocycles. The van der Waals surface area contributed by atoms with Crippen LogP contribution in [0.4, 0.5) is 0 Å². The molecule has 5 heteroatoms. The van der Waals surface area contributed by atoms with Crippen LogP contribution in [-0.4, -0.2) is 22.8 Å². The van der Waals surface area contributed by atoms with Crippen LogP contribution in [0.1, 0.15) is 54.1 Å². The Balaban J connectivity index is 2.31. The summed E-state index contributed by atoms with van der Waals surface area (Å²) in [5, 5.41) is 13.6. The van der Waals surface area contributed by atoms with Crippen LogP contribution < -0.4 is 0 Å². The molecule has 0 aromatic carbocycles. The van der Waals surface area contributed by atoms with Gasteiger partial charge in [0.15, 0.2) is 0 Å². The standard InChI is InChI=1S/C11H15NO4/c1-2-15-11(14)10-7-5-3-4-6-8(13)9(7)12-16-10/h8,13H,2-6H2,1H3. The lowest BCUT2D eigenvalue weighted by atomic mass is 10.1. The molecule has 1 unspecified atom stereocenters. The van der Waals surface area contributed by atoms with Crippen LogP contribution in [0.3, 0.4) is 0 Å². The highest BCUT2D eigenvalue weighted by Crippen LogP contribution is 2.30. The van der Waals surface area contributed by atoms with Gasteiger partial charge in [0.25, 0.3) is 0 Å². The highest BCUT2D eigenvalue weighted by Gasteiger charge is 2.28. The van der Waals surface area contributed by atoms with Crippen LogP contribution in [0.2, 0.25) is 0 Å². The van der Waals surface area contributed by atoms with Crippen LogP contribution in [-0.2, 0) is 11.2 Å². The molecule has 5 nitrogen and oxygen atoms in total. The Kier molecular flexibility index (Phi) is 3.24. The molecule has 0 spiro atoms. The lowest BCUT2D eigenvalue weighted by molar-refractivity contribution is 0.0477. The van der Waals surface area contributed by atoms with Gasteiger partial charge < -0.3 is 14.4 Å². The normalized spacial score (nSPS) is 20.0. The average molecular weight is 225 g/mol. The molecule has 1 N–H and O–H groups in total. The van der Waals surface area contributed by atoms with Crippen molar-refractivity contribution in [3.63, 3.8) is 0 Å². The summed E-state index contributed by atoms with van der Waals surface area (Å²) in [4.78, 5) is 11.6. The first kappa shape index (κ1) is 11.1. The van der Waals surface area contributed by atoms with E-state index >= 15 is 0 Å². The molecule has 0 saturated carbocycles. The fraction of sp³-hybridized carbons (Fsp3) is 0.636. The van der Waals surface area contributed by atoms with Crippen molar-refractivity contribution in [2.24, 2.45) is 0 Å². The summed E-state index contributed by atoms with van der Waals surface area (Å²) in [7, 11) is 0. The Hall–Kier alpha value is -1.36. The Morgan fingerprint density at radius 1 is 1.62 bits per heavy atom. The first-order valence-electron chi connectivity index (χ1n) is 5.57. The molecular formula is C11H15NO4. The summed E-state index contributed by atoms with van der Waals surface area (Å²) in [5.74, 6) is -0.344. The van der Waals surface area contributed by atoms with Crippen LogP contribution in [0.25, 0.3) is 0 Å². The predicted molar refractivity (Wildman–Crippen MR) is 55.0 cm³/mol. The second-order valence-corrected chi connectivity index (χ2v) is 3.86. The van der Waals surface area contributed by atoms with Gasteiger partial charge in [-0.25, -0.2) is 4.79 Å². The minimum Gasteiger partial charge on any atom is -0.460 e. The van der Waals surface area contributed by atoms with Gasteiger partial charge in [-0.15, -0.1) is 0 Å². The van der Waals surface area contributed by atoms with Gasteiger partial charge >= 0.3 is 5.97 Å². The zero-order valence-electron chi connectivity index (χ0n) is 9.23. The van der Waals surface area contributed by atoms with E-state index in [1.807, 2.05) is 0 Å². The highest BCUT2D eigenvalue weighted by atomic mass is 16.6. The summed E-state index contributed by atoms with van der Waals surface area (Å²) in [6.45, 7) is 2.04. The van der Waals surface area contributed by atoms with E-state index in [0.717, 1.165) is 12.8 Å². The summed E-state index contributed by atoms with van der Waals surface area (Å²) in [6.07, 6.45) is 2.62. The summed E-state index contributed by atoms with van der Waals surface area (Å²) in [6, 6.07) is 0. The number of ether oxygens (including phenoxy) is 1. The number of nitrogens with zero attached hydrogens (tertiary/aromatic N) is 1. The van der Waals surface area contributed by atoms with Gasteiger partial charge in [-0.1, -0.05) is 11.6 Å². The monoisotopic (exact) mass is 225 g/mol. The quantitative estimate of drug-likeness (QED) is 0.611. The van der Waals surface area contributed by atoms with Crippen LogP contribution in [0.5, 0.6) is 0 Å². The van der Waals surface area contributed by atoms with Crippen molar-refractivity contribution in [2.75, 3.05) is 6.61 Å². The number of aliphatic hydroxyl groups excluding tert-OH is 1. The van der Waals surface area contributed by atoms with Gasteiger partial charge in [-0.3, -0.25) is 0 Å². The number of rotatable bonds is 2. The molecule has 88 valence electrons. The van der Waals surface area contributed by atoms with Crippen LogP contribution in [0.15, 0.2) is 4.52 Å². The number of aromatic nitrogens is 1. The first-order chi connectivity index (χ1) is 7.74. The highest BCUT2D eigenvalue weighted by molar-refractivity contribution is 5.88. The van der Waals surface area contributed by atoms with Gasteiger partial charge in [0.2, 0.25) is 5.76 Å². The fourth-order valence-electron chi connectivity index (χ4n) is 1.96. The number of carbonyl (C=O) groups is 1. The molecule has 0 amide bonds. The van der Waals surface area contributed by atoms with Crippen molar-refractivity contribution >= 4 is 5.97 Å². The second kappa shape index (κ2) is 4.65. The number of hydrogen-bond donors (Lipinski definition) is 1. The maximum atomic E-state index is 11.6. The van der Waals surface area contributed by atoms with E-state index in [-0.39, 0.29) is 5.76 Å². The lowest BCUT2D eigenvalue weighted by Crippen LogP contribution is -2.07. The van der Waals surface area contributed by atoms with Crippen molar-refractivity contribution in [1.82, 2.24) is 5.16 Å². The topological polar surface area (TPSA) is 72.6 Å². The van der Waals surface area contributed by atoms with E-state index < -0.39 is 12.1 Å². The molecule has 16 heavy (non-hydrogen) atoms. The Bertz CT molecular complexity index is 385. The molecule has 0 aliphatic heterocycles. The third-order valence-electron chi connectivity index (χ3n) is 2.75. The van der Waals surface area contributed by atoms with Crippen molar-refractivity contribution < 1.29 is 19.2 Å². The minimum absolute atomic E-state index is 0.151. The minimum atomic E-state index is -0.621. The van der Waals surface area contributed by atoms with Gasteiger partial charge in [0.05, 0.1) is 12.7 Å². The van der Waals surface area contributed by atoms with E-state index in [9.17, 15) is 9.90 Å². The number of esters is 1. The molecule has 1 aliphatic rings. The Labute approximate surface area is 93.4 Å². The number of hydrogen-bond acceptors (Lipinski definition) is 5. The summed E-state index contributed by atoms with van der Waals surface area (Å²) >= 11 is 0. The van der Waals surface area contributed by atoms with Crippen molar-refractivity contribution in [3.8, 4) is 0 Å². The molecule has 1 aromatic heterocycles. The molecule has 1 aliphatic carbocycles. The first-order valence-corrected chi connectivity index (χ1v) is 5.57. The maximum absolute atomic E-state index is 11.6. The zero-order valence-corrected chi connectivity index (χ0v) is 9.23. The Morgan fingerprint density at radius 3 is 3.19 bits per heavy atom. The van der Waals surface area contributed by atoms with E-state index in [1.54, 1.807) is 6.92 Å². The SMILES string of the molecule is CCOC(=O)c1onc2c1CCCCC2O. The van der Waals surface area contributed by atoms with E-state index in [0.29, 0.717) is 30.7 Å². The van der Waals surface area contributed by atoms with Gasteiger partial charge in [0, 0.05) is 5.56 Å². The predicted octanol–water partition coefficient (Wildman–Crippen LogP) is 1.61. The van der Waals surface area contributed by atoms with Crippen molar-refractivity contribution in [1.29, 1.82) is 0 Å². The third-order valence-corrected chi connectivity index (χ3v) is 2.75. The Morgan fingerprint density at radius 2 is 2.44 bits per heavy atom. The maximum Gasteiger partial charge on any atom is 0.377 e. The number of carbonyl (C=O) groups excluding carboxylic acids is 1. The third kappa shape index (κ3) is 1.95. The van der Waals surface area contributed by atoms with E-state index in [2.05, 4.69) is 5.16 Å². The molecule has 1 atom stereocenters. The summed E-state index contributed by atoms with van der Waals surface area (Å²) in [5.41, 5.74) is 1.21. The molecule has 2 rings (SSSR count). The number of aliphatic hydroxyl groups is 1. The van der Waals surface area contributed by atoms with Crippen molar-refractivity contribution in [2.45, 2.75) is 38.7 Å². The molecule has 0 fully saturated rings. The lowest BCUT2D eigenvalue weighted by Gasteiger charge is -2.03. The molecule has 0 bridgehead atoms. The second-order valence-electron chi connectivity index (χ2n) is 3.86. The fourth-order valence-corrected chi connectivity index (χ4v) is 1.96. The molecular weight excluding hydrogens is 210 g/mol.